The van der Waals surface area contributed by atoms with Gasteiger partial charge in [0.05, 0.1) is 0 Å². The van der Waals surface area contributed by atoms with Crippen LogP contribution in [0.5, 0.6) is 0 Å². The minimum absolute atomic E-state index is 0.0852. The number of nitrogens with one attached hydrogen (secondary N) is 1. The number of carbonyl (C=O) groups is 1. The SMILES string of the molecule is O=C(Nc1cc(Cl)nc(Cl)n1)C1CCC(F)(F)CC1. The van der Waals surface area contributed by atoms with E-state index in [9.17, 15) is 13.6 Å². The fourth-order valence-electron chi connectivity index (χ4n) is 1.98. The summed E-state index contributed by atoms with van der Waals surface area (Å²) in [6.07, 6.45) is -0.219. The zero-order valence-electron chi connectivity index (χ0n) is 9.80. The van der Waals surface area contributed by atoms with Gasteiger partial charge in [-0.2, -0.15) is 0 Å². The third-order valence-corrected chi connectivity index (χ3v) is 3.37. The molecule has 2 rings (SSSR count). The highest BCUT2D eigenvalue weighted by Gasteiger charge is 2.37. The van der Waals surface area contributed by atoms with Gasteiger partial charge < -0.3 is 5.32 Å². The zero-order chi connectivity index (χ0) is 14.0. The van der Waals surface area contributed by atoms with Crippen molar-refractivity contribution in [2.45, 2.75) is 31.6 Å². The number of anilines is 1. The number of hydrogen-bond acceptors (Lipinski definition) is 3. The molecule has 0 saturated heterocycles. The van der Waals surface area contributed by atoms with Crippen molar-refractivity contribution in [1.29, 1.82) is 0 Å². The Labute approximate surface area is 118 Å². The van der Waals surface area contributed by atoms with E-state index in [1.807, 2.05) is 0 Å². The molecular weight excluding hydrogens is 299 g/mol. The monoisotopic (exact) mass is 309 g/mol. The smallest absolute Gasteiger partial charge is 0.248 e. The van der Waals surface area contributed by atoms with Crippen LogP contribution in [-0.2, 0) is 4.79 Å². The van der Waals surface area contributed by atoms with Gasteiger partial charge in [0.25, 0.3) is 0 Å². The number of nitrogens with zero attached hydrogens (tertiary/aromatic N) is 2. The predicted molar refractivity (Wildman–Crippen MR) is 67.6 cm³/mol. The Balaban J connectivity index is 1.98. The summed E-state index contributed by atoms with van der Waals surface area (Å²) in [6.45, 7) is 0. The van der Waals surface area contributed by atoms with Crippen LogP contribution >= 0.6 is 23.2 Å². The van der Waals surface area contributed by atoms with E-state index in [0.29, 0.717) is 0 Å². The van der Waals surface area contributed by atoms with Crippen LogP contribution in [0.1, 0.15) is 25.7 Å². The Kier molecular flexibility index (Phi) is 4.20. The van der Waals surface area contributed by atoms with E-state index in [1.165, 1.54) is 6.07 Å². The standard InChI is InChI=1S/C11H11Cl2F2N3O/c12-7-5-8(18-10(13)16-7)17-9(19)6-1-3-11(14,15)4-2-6/h5-6H,1-4H2,(H,16,17,18,19). The quantitative estimate of drug-likeness (QED) is 0.671. The Morgan fingerprint density at radius 2 is 1.95 bits per heavy atom. The predicted octanol–water partition coefficient (Wildman–Crippen LogP) is 3.55. The second-order valence-electron chi connectivity index (χ2n) is 4.46. The van der Waals surface area contributed by atoms with Crippen LogP contribution in [0.25, 0.3) is 0 Å². The van der Waals surface area contributed by atoms with E-state index in [4.69, 9.17) is 23.2 Å². The normalized spacial score (nSPS) is 19.2. The lowest BCUT2D eigenvalue weighted by molar-refractivity contribution is -0.124. The third-order valence-electron chi connectivity index (χ3n) is 3.01. The first-order valence-electron chi connectivity index (χ1n) is 5.74. The molecule has 1 saturated carbocycles. The van der Waals surface area contributed by atoms with Crippen LogP contribution in [0, 0.1) is 5.92 Å². The van der Waals surface area contributed by atoms with Crippen LogP contribution in [0.2, 0.25) is 10.4 Å². The fourth-order valence-corrected chi connectivity index (χ4v) is 2.39. The van der Waals surface area contributed by atoms with Crippen molar-refractivity contribution in [2.24, 2.45) is 5.92 Å². The molecule has 4 nitrogen and oxygen atoms in total. The molecule has 0 aliphatic heterocycles. The molecule has 1 amide bonds. The Hall–Kier alpha value is -1.01. The molecule has 1 fully saturated rings. The van der Waals surface area contributed by atoms with Crippen molar-refractivity contribution >= 4 is 34.9 Å². The van der Waals surface area contributed by atoms with Gasteiger partial charge in [0, 0.05) is 24.8 Å². The minimum Gasteiger partial charge on any atom is -0.310 e. The zero-order valence-corrected chi connectivity index (χ0v) is 11.3. The van der Waals surface area contributed by atoms with Gasteiger partial charge in [-0.15, -0.1) is 0 Å². The Morgan fingerprint density at radius 3 is 2.53 bits per heavy atom. The second kappa shape index (κ2) is 5.54. The largest absolute Gasteiger partial charge is 0.310 e. The summed E-state index contributed by atoms with van der Waals surface area (Å²) in [5.41, 5.74) is 0. The summed E-state index contributed by atoms with van der Waals surface area (Å²) in [7, 11) is 0. The van der Waals surface area contributed by atoms with Crippen molar-refractivity contribution in [2.75, 3.05) is 5.32 Å². The van der Waals surface area contributed by atoms with E-state index >= 15 is 0 Å². The molecule has 0 bridgehead atoms. The molecule has 19 heavy (non-hydrogen) atoms. The molecule has 1 heterocycles. The summed E-state index contributed by atoms with van der Waals surface area (Å²) < 4.78 is 26.0. The van der Waals surface area contributed by atoms with Crippen molar-refractivity contribution in [3.05, 3.63) is 16.5 Å². The maximum atomic E-state index is 13.0. The van der Waals surface area contributed by atoms with Gasteiger partial charge >= 0.3 is 0 Å². The highest BCUT2D eigenvalue weighted by molar-refractivity contribution is 6.32. The van der Waals surface area contributed by atoms with Crippen LogP contribution < -0.4 is 5.32 Å². The maximum absolute atomic E-state index is 13.0. The molecule has 0 atom stereocenters. The van der Waals surface area contributed by atoms with E-state index in [1.54, 1.807) is 0 Å². The molecule has 8 heteroatoms. The van der Waals surface area contributed by atoms with Gasteiger partial charge in [0.2, 0.25) is 17.1 Å². The molecule has 0 aromatic carbocycles. The summed E-state index contributed by atoms with van der Waals surface area (Å²) in [6, 6.07) is 1.35. The van der Waals surface area contributed by atoms with E-state index in [2.05, 4.69) is 15.3 Å². The maximum Gasteiger partial charge on any atom is 0.248 e. The van der Waals surface area contributed by atoms with Crippen molar-refractivity contribution in [3.8, 4) is 0 Å². The van der Waals surface area contributed by atoms with Crippen LogP contribution in [-0.4, -0.2) is 21.8 Å². The van der Waals surface area contributed by atoms with E-state index in [0.717, 1.165) is 0 Å². The molecule has 1 aliphatic carbocycles. The van der Waals surface area contributed by atoms with E-state index in [-0.39, 0.29) is 47.8 Å². The summed E-state index contributed by atoms with van der Waals surface area (Å²) >= 11 is 11.3. The van der Waals surface area contributed by atoms with Crippen LogP contribution in [0.15, 0.2) is 6.07 Å². The Morgan fingerprint density at radius 1 is 1.32 bits per heavy atom. The topological polar surface area (TPSA) is 54.9 Å². The molecule has 0 radical (unpaired) electrons. The second-order valence-corrected chi connectivity index (χ2v) is 5.19. The molecular formula is C11H11Cl2F2N3O. The van der Waals surface area contributed by atoms with Gasteiger partial charge in [0.1, 0.15) is 11.0 Å². The van der Waals surface area contributed by atoms with E-state index < -0.39 is 11.8 Å². The van der Waals surface area contributed by atoms with Crippen LogP contribution in [0.4, 0.5) is 14.6 Å². The fraction of sp³-hybridized carbons (Fsp3) is 0.545. The molecule has 104 valence electrons. The number of hydrogen-bond donors (Lipinski definition) is 1. The number of halogens is 4. The van der Waals surface area contributed by atoms with Gasteiger partial charge in [0.15, 0.2) is 0 Å². The molecule has 1 aromatic rings. The third kappa shape index (κ3) is 3.98. The lowest BCUT2D eigenvalue weighted by Crippen LogP contribution is -2.32. The van der Waals surface area contributed by atoms with Gasteiger partial charge in [-0.25, -0.2) is 18.7 Å². The molecule has 0 unspecified atom stereocenters. The highest BCUT2D eigenvalue weighted by Crippen LogP contribution is 2.36. The molecule has 1 aliphatic rings. The molecule has 1 N–H and O–H groups in total. The Bertz CT molecular complexity index is 469. The first-order chi connectivity index (χ1) is 8.85. The van der Waals surface area contributed by atoms with Gasteiger partial charge in [-0.3, -0.25) is 4.79 Å². The summed E-state index contributed by atoms with van der Waals surface area (Å²) in [4.78, 5) is 19.3. The lowest BCUT2D eigenvalue weighted by Gasteiger charge is -2.27. The molecule has 0 spiro atoms. The summed E-state index contributed by atoms with van der Waals surface area (Å²) in [5, 5.41) is 2.53. The number of amides is 1. The van der Waals surface area contributed by atoms with Crippen LogP contribution in [0.3, 0.4) is 0 Å². The van der Waals surface area contributed by atoms with Crippen molar-refractivity contribution in [3.63, 3.8) is 0 Å². The van der Waals surface area contributed by atoms with Crippen molar-refractivity contribution < 1.29 is 13.6 Å². The first-order valence-corrected chi connectivity index (χ1v) is 6.50. The number of rotatable bonds is 2. The summed E-state index contributed by atoms with van der Waals surface area (Å²) in [5.74, 6) is -3.26. The van der Waals surface area contributed by atoms with Crippen molar-refractivity contribution in [1.82, 2.24) is 9.97 Å². The van der Waals surface area contributed by atoms with Gasteiger partial charge in [-0.05, 0) is 24.4 Å². The lowest BCUT2D eigenvalue weighted by atomic mass is 9.86. The van der Waals surface area contributed by atoms with Gasteiger partial charge in [-0.1, -0.05) is 11.6 Å². The highest BCUT2D eigenvalue weighted by atomic mass is 35.5. The number of aromatic nitrogens is 2. The minimum atomic E-state index is -2.65. The average molecular weight is 310 g/mol. The number of alkyl halides is 2. The number of carbonyl (C=O) groups excluding carboxylic acids is 1. The first kappa shape index (κ1) is 14.4. The average Bonchev–Trinajstić information content (AvgIpc) is 2.26. The molecule has 1 aromatic heterocycles.